The zero-order chi connectivity index (χ0) is 15.2. The van der Waals surface area contributed by atoms with Crippen LogP contribution in [0.2, 0.25) is 0 Å². The predicted octanol–water partition coefficient (Wildman–Crippen LogP) is 0.705. The first-order valence-electron chi connectivity index (χ1n) is 7.56. The average molecular weight is 285 g/mol. The van der Waals surface area contributed by atoms with E-state index in [1.165, 1.54) is 0 Å². The number of piperidine rings is 1. The molecule has 1 heterocycles. The average Bonchev–Trinajstić information content (AvgIpc) is 2.38. The van der Waals surface area contributed by atoms with Crippen molar-refractivity contribution < 1.29 is 9.53 Å². The van der Waals surface area contributed by atoms with Crippen LogP contribution in [0.25, 0.3) is 0 Å². The van der Waals surface area contributed by atoms with E-state index in [0.717, 1.165) is 32.5 Å². The summed E-state index contributed by atoms with van der Waals surface area (Å²) in [7, 11) is 5.75. The van der Waals surface area contributed by atoms with Crippen molar-refractivity contribution in [3.05, 3.63) is 0 Å². The summed E-state index contributed by atoms with van der Waals surface area (Å²) in [6, 6.07) is 0.182. The molecule has 1 rings (SSSR count). The number of nitrogens with one attached hydrogen (secondary N) is 2. The Kier molecular flexibility index (Phi) is 6.92. The summed E-state index contributed by atoms with van der Waals surface area (Å²) in [4.78, 5) is 14.9. The molecule has 0 aromatic heterocycles. The molecule has 118 valence electrons. The molecule has 0 bridgehead atoms. The van der Waals surface area contributed by atoms with Crippen molar-refractivity contribution in [2.45, 2.75) is 32.7 Å². The van der Waals surface area contributed by atoms with Gasteiger partial charge in [0.25, 0.3) is 0 Å². The van der Waals surface area contributed by atoms with Crippen molar-refractivity contribution in [2.75, 3.05) is 47.4 Å². The van der Waals surface area contributed by atoms with Crippen molar-refractivity contribution in [3.8, 4) is 0 Å². The molecule has 5 nitrogen and oxygen atoms in total. The maximum atomic E-state index is 12.8. The number of rotatable bonds is 7. The van der Waals surface area contributed by atoms with E-state index < -0.39 is 0 Å². The summed E-state index contributed by atoms with van der Waals surface area (Å²) in [6.07, 6.45) is 1.69. The largest absolute Gasteiger partial charge is 0.384 e. The number of hydrogen-bond acceptors (Lipinski definition) is 4. The summed E-state index contributed by atoms with van der Waals surface area (Å²) in [6.45, 7) is 7.45. The zero-order valence-corrected chi connectivity index (χ0v) is 13.7. The molecule has 0 spiro atoms. The quantitative estimate of drug-likeness (QED) is 0.723. The standard InChI is InChI=1S/C15H31N3O2/c1-12(2)13(10-18(3)4)17-14(19)15(11-20-5)6-8-16-9-7-15/h12-13,16H,6-11H2,1-5H3,(H,17,19). The number of methoxy groups -OCH3 is 1. The SMILES string of the molecule is COCC1(C(=O)NC(CN(C)C)C(C)C)CCNCC1. The highest BCUT2D eigenvalue weighted by Gasteiger charge is 2.40. The van der Waals surface area contributed by atoms with E-state index in [4.69, 9.17) is 4.74 Å². The Morgan fingerprint density at radius 1 is 1.35 bits per heavy atom. The summed E-state index contributed by atoms with van der Waals surface area (Å²) in [5.41, 5.74) is -0.362. The summed E-state index contributed by atoms with van der Waals surface area (Å²) in [5, 5.41) is 6.57. The molecule has 0 aromatic rings. The van der Waals surface area contributed by atoms with Crippen molar-refractivity contribution in [3.63, 3.8) is 0 Å². The lowest BCUT2D eigenvalue weighted by molar-refractivity contribution is -0.137. The smallest absolute Gasteiger partial charge is 0.228 e. The van der Waals surface area contributed by atoms with Gasteiger partial charge in [-0.1, -0.05) is 13.8 Å². The van der Waals surface area contributed by atoms with Gasteiger partial charge in [-0.15, -0.1) is 0 Å². The van der Waals surface area contributed by atoms with E-state index in [1.54, 1.807) is 7.11 Å². The molecule has 0 aliphatic carbocycles. The predicted molar refractivity (Wildman–Crippen MR) is 81.7 cm³/mol. The van der Waals surface area contributed by atoms with Gasteiger partial charge in [-0.05, 0) is 45.9 Å². The van der Waals surface area contributed by atoms with Gasteiger partial charge >= 0.3 is 0 Å². The molecule has 1 amide bonds. The first kappa shape index (κ1) is 17.4. The van der Waals surface area contributed by atoms with E-state index >= 15 is 0 Å². The van der Waals surface area contributed by atoms with Gasteiger partial charge in [0.1, 0.15) is 0 Å². The van der Waals surface area contributed by atoms with Crippen LogP contribution >= 0.6 is 0 Å². The van der Waals surface area contributed by atoms with Crippen LogP contribution in [0.1, 0.15) is 26.7 Å². The molecule has 0 radical (unpaired) electrons. The molecular weight excluding hydrogens is 254 g/mol. The fourth-order valence-corrected chi connectivity index (χ4v) is 2.76. The minimum Gasteiger partial charge on any atom is -0.384 e. The minimum absolute atomic E-state index is 0.154. The second-order valence-electron chi connectivity index (χ2n) is 6.55. The Balaban J connectivity index is 2.73. The molecule has 1 saturated heterocycles. The van der Waals surface area contributed by atoms with Crippen LogP contribution in [0.5, 0.6) is 0 Å². The molecule has 1 aliphatic rings. The van der Waals surface area contributed by atoms with Gasteiger partial charge in [-0.25, -0.2) is 0 Å². The first-order valence-corrected chi connectivity index (χ1v) is 7.56. The zero-order valence-electron chi connectivity index (χ0n) is 13.7. The Hall–Kier alpha value is -0.650. The van der Waals surface area contributed by atoms with Crippen LogP contribution in [-0.4, -0.2) is 64.3 Å². The maximum Gasteiger partial charge on any atom is 0.228 e. The third-order valence-electron chi connectivity index (χ3n) is 4.15. The number of amides is 1. The number of hydrogen-bond donors (Lipinski definition) is 2. The first-order chi connectivity index (χ1) is 9.41. The molecule has 0 saturated carbocycles. The molecule has 1 aliphatic heterocycles. The van der Waals surface area contributed by atoms with Crippen LogP contribution in [0.4, 0.5) is 0 Å². The van der Waals surface area contributed by atoms with Crippen molar-refractivity contribution in [1.29, 1.82) is 0 Å². The van der Waals surface area contributed by atoms with Gasteiger partial charge in [0.05, 0.1) is 12.0 Å². The van der Waals surface area contributed by atoms with E-state index in [1.807, 2.05) is 14.1 Å². The van der Waals surface area contributed by atoms with Crippen molar-refractivity contribution in [2.24, 2.45) is 11.3 Å². The Morgan fingerprint density at radius 2 is 1.95 bits per heavy atom. The van der Waals surface area contributed by atoms with Crippen LogP contribution in [0, 0.1) is 11.3 Å². The third kappa shape index (κ3) is 4.72. The highest BCUT2D eigenvalue weighted by molar-refractivity contribution is 5.83. The number of carbonyl (C=O) groups excluding carboxylic acids is 1. The molecule has 5 heteroatoms. The van der Waals surface area contributed by atoms with Crippen LogP contribution in [0.15, 0.2) is 0 Å². The molecule has 1 unspecified atom stereocenters. The Bertz CT molecular complexity index is 294. The minimum atomic E-state index is -0.362. The highest BCUT2D eigenvalue weighted by Crippen LogP contribution is 2.29. The van der Waals surface area contributed by atoms with E-state index in [-0.39, 0.29) is 17.4 Å². The van der Waals surface area contributed by atoms with Crippen molar-refractivity contribution >= 4 is 5.91 Å². The van der Waals surface area contributed by atoms with Crippen molar-refractivity contribution in [1.82, 2.24) is 15.5 Å². The van der Waals surface area contributed by atoms with E-state index in [9.17, 15) is 4.79 Å². The van der Waals surface area contributed by atoms with E-state index in [0.29, 0.717) is 12.5 Å². The molecule has 2 N–H and O–H groups in total. The van der Waals surface area contributed by atoms with Crippen LogP contribution in [0.3, 0.4) is 0 Å². The number of carbonyl (C=O) groups is 1. The normalized spacial score (nSPS) is 20.1. The number of ether oxygens (including phenoxy) is 1. The van der Waals surface area contributed by atoms with Gasteiger partial charge in [-0.3, -0.25) is 4.79 Å². The summed E-state index contributed by atoms with van der Waals surface area (Å²) < 4.78 is 5.33. The number of nitrogens with zero attached hydrogens (tertiary/aromatic N) is 1. The second-order valence-corrected chi connectivity index (χ2v) is 6.55. The summed E-state index contributed by atoms with van der Waals surface area (Å²) in [5.74, 6) is 0.573. The van der Waals surface area contributed by atoms with Gasteiger partial charge in [0.2, 0.25) is 5.91 Å². The molecular formula is C15H31N3O2. The molecule has 1 fully saturated rings. The maximum absolute atomic E-state index is 12.8. The van der Waals surface area contributed by atoms with Crippen LogP contribution in [-0.2, 0) is 9.53 Å². The van der Waals surface area contributed by atoms with Gasteiger partial charge < -0.3 is 20.3 Å². The fourth-order valence-electron chi connectivity index (χ4n) is 2.76. The molecule has 20 heavy (non-hydrogen) atoms. The summed E-state index contributed by atoms with van der Waals surface area (Å²) >= 11 is 0. The molecule has 0 aromatic carbocycles. The third-order valence-corrected chi connectivity index (χ3v) is 4.15. The lowest BCUT2D eigenvalue weighted by Gasteiger charge is -2.37. The second kappa shape index (κ2) is 7.96. The fraction of sp³-hybridized carbons (Fsp3) is 0.933. The monoisotopic (exact) mass is 285 g/mol. The van der Waals surface area contributed by atoms with Crippen LogP contribution < -0.4 is 10.6 Å². The highest BCUT2D eigenvalue weighted by atomic mass is 16.5. The van der Waals surface area contributed by atoms with E-state index in [2.05, 4.69) is 29.4 Å². The van der Waals surface area contributed by atoms with Gasteiger partial charge in [0, 0.05) is 19.7 Å². The Morgan fingerprint density at radius 3 is 2.40 bits per heavy atom. The topological polar surface area (TPSA) is 53.6 Å². The number of likely N-dealkylation sites (N-methyl/N-ethyl adjacent to an activating group) is 1. The lowest BCUT2D eigenvalue weighted by atomic mass is 9.78. The Labute approximate surface area is 123 Å². The van der Waals surface area contributed by atoms with Gasteiger partial charge in [-0.2, -0.15) is 0 Å². The van der Waals surface area contributed by atoms with Gasteiger partial charge in [0.15, 0.2) is 0 Å². The lowest BCUT2D eigenvalue weighted by Crippen LogP contribution is -2.55. The molecule has 1 atom stereocenters.